The average Bonchev–Trinajstić information content (AvgIpc) is 3.02. The number of aliphatic hydroxyl groups is 5. The summed E-state index contributed by atoms with van der Waals surface area (Å²) in [6.07, 6.45) is -10.0. The molecule has 3 heterocycles. The number of nitrogens with zero attached hydrogens (tertiary/aromatic N) is 1. The fourth-order valence-electron chi connectivity index (χ4n) is 7.59. The van der Waals surface area contributed by atoms with Crippen LogP contribution in [0.5, 0.6) is 0 Å². The minimum atomic E-state index is -1.78. The number of ketones is 1. The summed E-state index contributed by atoms with van der Waals surface area (Å²) in [5.74, 6) is -4.86. The molecule has 3 aliphatic heterocycles. The van der Waals surface area contributed by atoms with Crippen molar-refractivity contribution in [3.05, 3.63) is 0 Å². The first kappa shape index (κ1) is 41.1. The molecule has 3 aliphatic rings. The van der Waals surface area contributed by atoms with Crippen LogP contribution in [0.4, 0.5) is 0 Å². The third-order valence-corrected chi connectivity index (χ3v) is 10.8. The summed E-state index contributed by atoms with van der Waals surface area (Å²) in [5.41, 5.74) is -2.81. The summed E-state index contributed by atoms with van der Waals surface area (Å²) < 4.78 is 36.3. The molecule has 0 amide bonds. The van der Waals surface area contributed by atoms with Gasteiger partial charge in [0.1, 0.15) is 30.7 Å². The third kappa shape index (κ3) is 9.13. The van der Waals surface area contributed by atoms with E-state index in [1.54, 1.807) is 34.6 Å². The number of methoxy groups -OCH3 is 1. The Kier molecular flexibility index (Phi) is 14.0. The summed E-state index contributed by atoms with van der Waals surface area (Å²) in [6, 6.07) is -0.317. The first-order chi connectivity index (χ1) is 22.1. The molecule has 1 unspecified atom stereocenters. The minimum absolute atomic E-state index is 0.0999. The standard InChI is InChI=1S/C34H61NO13/c1-16-13-33(7,42)30(48-32-27(39)22(35(9)10)12-17(2)45-32)19(4)28(47-24-14-34(8,43-11)29(40)21(6)46-24)20(5)31(41)44-15-23(36)26(38)18(3)25(16)37/h16-24,26-30,32,36,38-40,42H,12-15H2,1-11H3/t16-,17-,18?,19+,20-,21+,22+,23-,24+,26-,27-,28+,29+,30-,32+,33-,34-/m1/s1. The quantitative estimate of drug-likeness (QED) is 0.243. The van der Waals surface area contributed by atoms with Gasteiger partial charge in [0.2, 0.25) is 0 Å². The first-order valence-electron chi connectivity index (χ1n) is 17.1. The van der Waals surface area contributed by atoms with Gasteiger partial charge in [0.25, 0.3) is 0 Å². The van der Waals surface area contributed by atoms with Crippen LogP contribution in [0.25, 0.3) is 0 Å². The molecule has 3 fully saturated rings. The number of cyclic esters (lactones) is 1. The number of carbonyl (C=O) groups is 2. The predicted octanol–water partition coefficient (Wildman–Crippen LogP) is 0.617. The molecule has 17 atom stereocenters. The number of hydrogen-bond donors (Lipinski definition) is 5. The van der Waals surface area contributed by atoms with Crippen molar-refractivity contribution >= 4 is 11.8 Å². The normalized spacial score (nSPS) is 49.0. The maximum atomic E-state index is 13.6. The van der Waals surface area contributed by atoms with Crippen LogP contribution in [0.2, 0.25) is 0 Å². The molecule has 14 heteroatoms. The number of aliphatic hydroxyl groups excluding tert-OH is 4. The lowest BCUT2D eigenvalue weighted by Crippen LogP contribution is -2.60. The van der Waals surface area contributed by atoms with E-state index in [4.69, 9.17) is 28.4 Å². The van der Waals surface area contributed by atoms with Crippen LogP contribution >= 0.6 is 0 Å². The first-order valence-corrected chi connectivity index (χ1v) is 17.1. The van der Waals surface area contributed by atoms with Gasteiger partial charge in [0, 0.05) is 37.3 Å². The van der Waals surface area contributed by atoms with Crippen LogP contribution in [-0.2, 0) is 38.0 Å². The monoisotopic (exact) mass is 691 g/mol. The molecule has 48 heavy (non-hydrogen) atoms. The zero-order valence-electron chi connectivity index (χ0n) is 30.4. The Morgan fingerprint density at radius 3 is 2.08 bits per heavy atom. The van der Waals surface area contributed by atoms with Gasteiger partial charge in [-0.15, -0.1) is 0 Å². The van der Waals surface area contributed by atoms with Crippen molar-refractivity contribution in [2.75, 3.05) is 27.8 Å². The van der Waals surface area contributed by atoms with Crippen LogP contribution in [-0.4, -0.2) is 149 Å². The number of esters is 1. The van der Waals surface area contributed by atoms with Crippen molar-refractivity contribution < 1.29 is 63.5 Å². The molecule has 0 aromatic carbocycles. The van der Waals surface area contributed by atoms with Crippen molar-refractivity contribution in [3.63, 3.8) is 0 Å². The van der Waals surface area contributed by atoms with Gasteiger partial charge in [-0.3, -0.25) is 9.59 Å². The maximum Gasteiger partial charge on any atom is 0.311 e. The Hall–Kier alpha value is -1.30. The molecule has 280 valence electrons. The second-order valence-corrected chi connectivity index (χ2v) is 15.2. The summed E-state index contributed by atoms with van der Waals surface area (Å²) in [7, 11) is 5.16. The van der Waals surface area contributed by atoms with E-state index >= 15 is 0 Å². The molecular weight excluding hydrogens is 630 g/mol. The second kappa shape index (κ2) is 16.4. The van der Waals surface area contributed by atoms with Gasteiger partial charge in [0.15, 0.2) is 12.6 Å². The average molecular weight is 692 g/mol. The molecule has 5 N–H and O–H groups in total. The molecule has 0 saturated carbocycles. The SMILES string of the molecule is CO[C@]1(C)C[C@H](O[C@H]2[C@H](C)[C@@H](O[C@@H]3O[C@H](C)C[C@H](N(C)C)[C@H]3O)[C@](C)(O)C[C@@H](C)C(=O)C(C)[C@@H](O)[C@H](O)COC(=O)[C@@H]2C)O[C@@H](C)[C@@H]1O. The van der Waals surface area contributed by atoms with Crippen molar-refractivity contribution in [1.29, 1.82) is 0 Å². The number of hydrogen-bond acceptors (Lipinski definition) is 14. The lowest BCUT2D eigenvalue weighted by atomic mass is 9.75. The fraction of sp³-hybridized carbons (Fsp3) is 0.941. The molecule has 14 nitrogen and oxygen atoms in total. The molecule has 0 bridgehead atoms. The highest BCUT2D eigenvalue weighted by Gasteiger charge is 2.52. The Bertz CT molecular complexity index is 1080. The van der Waals surface area contributed by atoms with Gasteiger partial charge >= 0.3 is 5.97 Å². The largest absolute Gasteiger partial charge is 0.463 e. The fourth-order valence-corrected chi connectivity index (χ4v) is 7.59. The summed E-state index contributed by atoms with van der Waals surface area (Å²) >= 11 is 0. The van der Waals surface area contributed by atoms with E-state index in [2.05, 4.69) is 0 Å². The van der Waals surface area contributed by atoms with Crippen LogP contribution in [0.1, 0.15) is 74.7 Å². The molecule has 0 aromatic rings. The Morgan fingerprint density at radius 2 is 1.50 bits per heavy atom. The molecule has 0 radical (unpaired) electrons. The van der Waals surface area contributed by atoms with Gasteiger partial charge in [-0.25, -0.2) is 0 Å². The van der Waals surface area contributed by atoms with E-state index in [1.165, 1.54) is 21.0 Å². The molecule has 0 spiro atoms. The molecule has 0 aliphatic carbocycles. The van der Waals surface area contributed by atoms with Crippen molar-refractivity contribution in [3.8, 4) is 0 Å². The van der Waals surface area contributed by atoms with Gasteiger partial charge < -0.3 is 58.9 Å². The highest BCUT2D eigenvalue weighted by Crippen LogP contribution is 2.39. The maximum absolute atomic E-state index is 13.6. The third-order valence-electron chi connectivity index (χ3n) is 10.8. The summed E-state index contributed by atoms with van der Waals surface area (Å²) in [6.45, 7) is 12.6. The minimum Gasteiger partial charge on any atom is -0.463 e. The number of rotatable bonds is 6. The van der Waals surface area contributed by atoms with Gasteiger partial charge in [-0.1, -0.05) is 20.8 Å². The van der Waals surface area contributed by atoms with E-state index in [0.29, 0.717) is 6.42 Å². The lowest BCUT2D eigenvalue weighted by molar-refractivity contribution is -0.317. The van der Waals surface area contributed by atoms with Crippen molar-refractivity contribution in [2.45, 2.75) is 153 Å². The van der Waals surface area contributed by atoms with E-state index < -0.39 is 109 Å². The van der Waals surface area contributed by atoms with Crippen molar-refractivity contribution in [1.82, 2.24) is 4.90 Å². The highest BCUT2D eigenvalue weighted by atomic mass is 16.7. The smallest absolute Gasteiger partial charge is 0.311 e. The van der Waals surface area contributed by atoms with Gasteiger partial charge in [-0.05, 0) is 61.6 Å². The van der Waals surface area contributed by atoms with Gasteiger partial charge in [-0.2, -0.15) is 0 Å². The molecule has 3 saturated heterocycles. The van der Waals surface area contributed by atoms with E-state index in [1.807, 2.05) is 25.9 Å². The van der Waals surface area contributed by atoms with E-state index in [0.717, 1.165) is 0 Å². The Balaban J connectivity index is 2.11. The highest BCUT2D eigenvalue weighted by molar-refractivity contribution is 5.83. The second-order valence-electron chi connectivity index (χ2n) is 15.2. The topological polar surface area (TPSA) is 194 Å². The van der Waals surface area contributed by atoms with Crippen LogP contribution in [0, 0.1) is 23.7 Å². The van der Waals surface area contributed by atoms with Crippen molar-refractivity contribution in [2.24, 2.45) is 23.7 Å². The number of ether oxygens (including phenoxy) is 6. The molecule has 0 aromatic heterocycles. The number of Topliss-reactive ketones (excluding diaryl/α,β-unsaturated/α-hetero) is 1. The zero-order chi connectivity index (χ0) is 36.5. The Morgan fingerprint density at radius 1 is 0.875 bits per heavy atom. The summed E-state index contributed by atoms with van der Waals surface area (Å²) in [5, 5.41) is 55.8. The lowest BCUT2D eigenvalue weighted by Gasteiger charge is -2.48. The van der Waals surface area contributed by atoms with Gasteiger partial charge in [0.05, 0.1) is 47.6 Å². The summed E-state index contributed by atoms with van der Waals surface area (Å²) in [4.78, 5) is 28.9. The number of likely N-dealkylation sites (N-methyl/N-ethyl adjacent to an activating group) is 1. The molecular formula is C34H61NO13. The van der Waals surface area contributed by atoms with Crippen LogP contribution < -0.4 is 0 Å². The zero-order valence-corrected chi connectivity index (χ0v) is 30.4. The molecule has 3 rings (SSSR count). The van der Waals surface area contributed by atoms with E-state index in [9.17, 15) is 35.1 Å². The number of carbonyl (C=O) groups excluding carboxylic acids is 2. The predicted molar refractivity (Wildman–Crippen MR) is 172 cm³/mol. The van der Waals surface area contributed by atoms with Crippen LogP contribution in [0.3, 0.4) is 0 Å². The van der Waals surface area contributed by atoms with E-state index in [-0.39, 0.29) is 25.0 Å². The Labute approximate surface area is 285 Å². The van der Waals surface area contributed by atoms with Crippen LogP contribution in [0.15, 0.2) is 0 Å².